The predicted molar refractivity (Wildman–Crippen MR) is 81.7 cm³/mol. The molecule has 6 nitrogen and oxygen atoms in total. The van der Waals surface area contributed by atoms with Crippen LogP contribution in [0.25, 0.3) is 6.08 Å². The van der Waals surface area contributed by atoms with Gasteiger partial charge in [-0.3, -0.25) is 10.1 Å². The van der Waals surface area contributed by atoms with Crippen LogP contribution < -0.4 is 5.32 Å². The first-order valence-electron chi connectivity index (χ1n) is 6.11. The maximum absolute atomic E-state index is 11.7. The number of aromatic nitrogens is 2. The fourth-order valence-electron chi connectivity index (χ4n) is 1.39. The van der Waals surface area contributed by atoms with Crippen LogP contribution in [0.1, 0.15) is 12.5 Å². The normalized spacial score (nSPS) is 11.7. The molecule has 0 radical (unpaired) electrons. The summed E-state index contributed by atoms with van der Waals surface area (Å²) in [6.45, 7) is 1.53. The quantitative estimate of drug-likeness (QED) is 0.671. The van der Waals surface area contributed by atoms with Gasteiger partial charge in [0, 0.05) is 6.08 Å². The topological polar surface area (TPSA) is 89.0 Å². The number of nitrogens with one attached hydrogen (secondary N) is 1. The van der Waals surface area contributed by atoms with Crippen LogP contribution in [0, 0.1) is 0 Å². The molecule has 1 amide bonds. The van der Waals surface area contributed by atoms with Gasteiger partial charge in [0.15, 0.2) is 0 Å². The Morgan fingerprint density at radius 1 is 1.29 bits per heavy atom. The third kappa shape index (κ3) is 4.20. The highest BCUT2D eigenvalue weighted by Crippen LogP contribution is 2.20. The lowest BCUT2D eigenvalue weighted by molar-refractivity contribution is -0.111. The number of sulfone groups is 1. The standard InChI is InChI=1S/C13H13N3O3S2/c1-2-21(18,19)13-16-15-12(20-13)14-11(17)9-8-10-6-4-3-5-7-10/h3-9H,2H2,1H3,(H,14,15,17). The van der Waals surface area contributed by atoms with Gasteiger partial charge >= 0.3 is 0 Å². The summed E-state index contributed by atoms with van der Waals surface area (Å²) in [6.07, 6.45) is 3.00. The number of anilines is 1. The zero-order chi connectivity index (χ0) is 15.3. The number of benzene rings is 1. The molecule has 0 atom stereocenters. The van der Waals surface area contributed by atoms with Crippen molar-refractivity contribution in [2.24, 2.45) is 0 Å². The van der Waals surface area contributed by atoms with Crippen molar-refractivity contribution in [1.82, 2.24) is 10.2 Å². The van der Waals surface area contributed by atoms with Crippen molar-refractivity contribution in [3.63, 3.8) is 0 Å². The van der Waals surface area contributed by atoms with Crippen molar-refractivity contribution in [2.45, 2.75) is 11.3 Å². The Balaban J connectivity index is 2.02. The third-order valence-electron chi connectivity index (χ3n) is 2.51. The van der Waals surface area contributed by atoms with Gasteiger partial charge in [0.1, 0.15) is 0 Å². The van der Waals surface area contributed by atoms with E-state index in [-0.39, 0.29) is 15.2 Å². The first-order chi connectivity index (χ1) is 10.0. The van der Waals surface area contributed by atoms with Gasteiger partial charge in [-0.15, -0.1) is 10.2 Å². The summed E-state index contributed by atoms with van der Waals surface area (Å²) in [5.74, 6) is -0.445. The number of amides is 1. The van der Waals surface area contributed by atoms with Crippen LogP contribution in [-0.2, 0) is 14.6 Å². The van der Waals surface area contributed by atoms with Crippen LogP contribution in [0.15, 0.2) is 40.7 Å². The molecule has 1 aromatic carbocycles. The predicted octanol–water partition coefficient (Wildman–Crippen LogP) is 1.98. The van der Waals surface area contributed by atoms with Gasteiger partial charge in [0.2, 0.25) is 25.2 Å². The molecule has 1 heterocycles. The Hall–Kier alpha value is -2.06. The summed E-state index contributed by atoms with van der Waals surface area (Å²) in [6, 6.07) is 9.34. The number of hydrogen-bond donors (Lipinski definition) is 1. The van der Waals surface area contributed by atoms with E-state index in [9.17, 15) is 13.2 Å². The van der Waals surface area contributed by atoms with Crippen molar-refractivity contribution in [3.8, 4) is 0 Å². The average molecular weight is 323 g/mol. The zero-order valence-corrected chi connectivity index (χ0v) is 12.8. The molecule has 0 unspecified atom stereocenters. The number of carbonyl (C=O) groups is 1. The zero-order valence-electron chi connectivity index (χ0n) is 11.2. The molecule has 0 aliphatic heterocycles. The van der Waals surface area contributed by atoms with Crippen molar-refractivity contribution >= 4 is 38.3 Å². The second-order valence-corrected chi connectivity index (χ2v) is 7.44. The first kappa shape index (κ1) is 15.3. The number of carbonyl (C=O) groups excluding carboxylic acids is 1. The van der Waals surface area contributed by atoms with E-state index in [0.29, 0.717) is 0 Å². The molecule has 8 heteroatoms. The molecule has 2 rings (SSSR count). The van der Waals surface area contributed by atoms with E-state index in [1.165, 1.54) is 13.0 Å². The van der Waals surface area contributed by atoms with Crippen LogP contribution in [0.2, 0.25) is 0 Å². The minimum atomic E-state index is -3.39. The lowest BCUT2D eigenvalue weighted by Crippen LogP contribution is -2.07. The summed E-state index contributed by atoms with van der Waals surface area (Å²) in [4.78, 5) is 11.7. The van der Waals surface area contributed by atoms with Gasteiger partial charge in [-0.25, -0.2) is 8.42 Å². The van der Waals surface area contributed by atoms with E-state index < -0.39 is 15.7 Å². The Bertz CT molecular complexity index is 752. The molecule has 1 aromatic heterocycles. The SMILES string of the molecule is CCS(=O)(=O)c1nnc(NC(=O)C=Cc2ccccc2)s1. The second kappa shape index (κ2) is 6.59. The smallest absolute Gasteiger partial charge is 0.250 e. The number of hydrogen-bond acceptors (Lipinski definition) is 6. The summed E-state index contributed by atoms with van der Waals surface area (Å²) < 4.78 is 23.1. The van der Waals surface area contributed by atoms with Gasteiger partial charge in [-0.05, 0) is 11.6 Å². The second-order valence-electron chi connectivity index (χ2n) is 4.01. The van der Waals surface area contributed by atoms with Crippen LogP contribution in [0.5, 0.6) is 0 Å². The third-order valence-corrected chi connectivity index (χ3v) is 5.53. The molecular weight excluding hydrogens is 310 g/mol. The van der Waals surface area contributed by atoms with E-state index in [1.54, 1.807) is 6.08 Å². The maximum Gasteiger partial charge on any atom is 0.250 e. The molecule has 21 heavy (non-hydrogen) atoms. The molecule has 0 aliphatic carbocycles. The van der Waals surface area contributed by atoms with E-state index >= 15 is 0 Å². The molecule has 110 valence electrons. The molecule has 0 saturated heterocycles. The fourth-order valence-corrected chi connectivity index (χ4v) is 3.38. The summed E-state index contributed by atoms with van der Waals surface area (Å²) in [5.41, 5.74) is 0.888. The largest absolute Gasteiger partial charge is 0.297 e. The Morgan fingerprint density at radius 3 is 2.67 bits per heavy atom. The molecule has 0 bridgehead atoms. The molecule has 0 spiro atoms. The first-order valence-corrected chi connectivity index (χ1v) is 8.58. The molecular formula is C13H13N3O3S2. The molecule has 0 saturated carbocycles. The van der Waals surface area contributed by atoms with Gasteiger partial charge in [-0.1, -0.05) is 48.6 Å². The lowest BCUT2D eigenvalue weighted by Gasteiger charge is -1.95. The minimum absolute atomic E-state index is 0.0521. The van der Waals surface area contributed by atoms with E-state index in [0.717, 1.165) is 16.9 Å². The van der Waals surface area contributed by atoms with Crippen LogP contribution in [0.3, 0.4) is 0 Å². The van der Waals surface area contributed by atoms with Crippen molar-refractivity contribution in [3.05, 3.63) is 42.0 Å². The van der Waals surface area contributed by atoms with Gasteiger partial charge in [-0.2, -0.15) is 0 Å². The summed E-state index contributed by atoms with van der Waals surface area (Å²) in [7, 11) is -3.39. The molecule has 0 fully saturated rings. The van der Waals surface area contributed by atoms with Gasteiger partial charge in [0.05, 0.1) is 5.75 Å². The van der Waals surface area contributed by atoms with E-state index in [2.05, 4.69) is 15.5 Å². The van der Waals surface area contributed by atoms with Crippen molar-refractivity contribution < 1.29 is 13.2 Å². The van der Waals surface area contributed by atoms with Gasteiger partial charge in [0.25, 0.3) is 0 Å². The lowest BCUT2D eigenvalue weighted by atomic mass is 10.2. The Morgan fingerprint density at radius 2 is 2.00 bits per heavy atom. The molecule has 0 aliphatic rings. The van der Waals surface area contributed by atoms with Crippen LogP contribution in [0.4, 0.5) is 5.13 Å². The minimum Gasteiger partial charge on any atom is -0.297 e. The number of rotatable bonds is 5. The highest BCUT2D eigenvalue weighted by molar-refractivity contribution is 7.93. The highest BCUT2D eigenvalue weighted by Gasteiger charge is 2.18. The Labute approximate surface area is 126 Å². The summed E-state index contributed by atoms with van der Waals surface area (Å²) in [5, 5.41) is 9.86. The monoisotopic (exact) mass is 323 g/mol. The average Bonchev–Trinajstić information content (AvgIpc) is 2.95. The molecule has 2 aromatic rings. The number of nitrogens with zero attached hydrogens (tertiary/aromatic N) is 2. The van der Waals surface area contributed by atoms with Crippen molar-refractivity contribution in [2.75, 3.05) is 11.1 Å². The summed E-state index contributed by atoms with van der Waals surface area (Å²) >= 11 is 0.838. The fraction of sp³-hybridized carbons (Fsp3) is 0.154. The van der Waals surface area contributed by atoms with E-state index in [1.807, 2.05) is 30.3 Å². The van der Waals surface area contributed by atoms with Crippen LogP contribution in [-0.4, -0.2) is 30.3 Å². The van der Waals surface area contributed by atoms with Crippen LogP contribution >= 0.6 is 11.3 Å². The Kier molecular flexibility index (Phi) is 4.81. The molecule has 1 N–H and O–H groups in total. The van der Waals surface area contributed by atoms with Gasteiger partial charge < -0.3 is 0 Å². The van der Waals surface area contributed by atoms with E-state index in [4.69, 9.17) is 0 Å². The highest BCUT2D eigenvalue weighted by atomic mass is 32.2. The van der Waals surface area contributed by atoms with Crippen molar-refractivity contribution in [1.29, 1.82) is 0 Å². The maximum atomic E-state index is 11.7.